The second kappa shape index (κ2) is 9.38. The molecule has 0 radical (unpaired) electrons. The predicted molar refractivity (Wildman–Crippen MR) is 126 cm³/mol. The summed E-state index contributed by atoms with van der Waals surface area (Å²) in [5, 5.41) is 5.67. The highest BCUT2D eigenvalue weighted by Gasteiger charge is 2.39. The molecular formula is C23H24ClF4N7O. The van der Waals surface area contributed by atoms with Gasteiger partial charge in [0.15, 0.2) is 11.5 Å². The van der Waals surface area contributed by atoms with Crippen molar-refractivity contribution >= 4 is 46.3 Å². The molecule has 2 saturated carbocycles. The summed E-state index contributed by atoms with van der Waals surface area (Å²) in [6.07, 6.45) is 3.50. The Bertz CT molecular complexity index is 1290. The Hall–Kier alpha value is -3.15. The number of hydrogen-bond acceptors (Lipinski definition) is 6. The first-order valence-corrected chi connectivity index (χ1v) is 12.1. The van der Waals surface area contributed by atoms with E-state index in [4.69, 9.17) is 17.3 Å². The van der Waals surface area contributed by atoms with Gasteiger partial charge in [0.2, 0.25) is 23.7 Å². The molecule has 1 aromatic carbocycles. The van der Waals surface area contributed by atoms with Crippen molar-refractivity contribution in [3.05, 3.63) is 35.0 Å². The van der Waals surface area contributed by atoms with Crippen molar-refractivity contribution in [2.24, 2.45) is 11.7 Å². The highest BCUT2D eigenvalue weighted by Crippen LogP contribution is 2.39. The second-order valence-electron chi connectivity index (χ2n) is 9.43. The lowest BCUT2D eigenvalue weighted by atomic mass is 9.85. The van der Waals surface area contributed by atoms with E-state index in [0.717, 1.165) is 6.07 Å². The minimum Gasteiger partial charge on any atom is -0.369 e. The van der Waals surface area contributed by atoms with Gasteiger partial charge in [-0.2, -0.15) is 4.98 Å². The van der Waals surface area contributed by atoms with Crippen LogP contribution in [-0.2, 0) is 4.79 Å². The fraction of sp³-hybridized carbons (Fsp3) is 0.478. The molecule has 0 aliphatic heterocycles. The third-order valence-electron chi connectivity index (χ3n) is 6.88. The number of amides is 1. The summed E-state index contributed by atoms with van der Waals surface area (Å²) in [6, 6.07) is 1.05. The van der Waals surface area contributed by atoms with Gasteiger partial charge in [0.05, 0.1) is 16.9 Å². The largest absolute Gasteiger partial charge is 0.369 e. The van der Waals surface area contributed by atoms with Gasteiger partial charge in [-0.3, -0.25) is 9.36 Å². The molecule has 0 spiro atoms. The average Bonchev–Trinajstić information content (AvgIpc) is 3.34. The summed E-state index contributed by atoms with van der Waals surface area (Å²) in [7, 11) is 0. The lowest BCUT2D eigenvalue weighted by Gasteiger charge is -2.29. The topological polar surface area (TPSA) is 111 Å². The molecule has 5 rings (SSSR count). The number of nitrogens with one attached hydrogen (secondary N) is 2. The summed E-state index contributed by atoms with van der Waals surface area (Å²) < 4.78 is 57.2. The number of nitrogens with two attached hydrogens (primary N) is 1. The van der Waals surface area contributed by atoms with Gasteiger partial charge in [0, 0.05) is 36.9 Å². The average molecular weight is 526 g/mol. The van der Waals surface area contributed by atoms with Gasteiger partial charge in [-0.05, 0) is 38.2 Å². The molecule has 13 heteroatoms. The summed E-state index contributed by atoms with van der Waals surface area (Å²) in [4.78, 5) is 24.9. The quantitative estimate of drug-likeness (QED) is 0.376. The summed E-state index contributed by atoms with van der Waals surface area (Å²) in [5.41, 5.74) is 6.11. The van der Waals surface area contributed by atoms with Crippen LogP contribution in [0, 0.1) is 17.6 Å². The molecule has 0 saturated heterocycles. The molecular weight excluding hydrogens is 502 g/mol. The van der Waals surface area contributed by atoms with Crippen LogP contribution >= 0.6 is 11.6 Å². The summed E-state index contributed by atoms with van der Waals surface area (Å²) in [6.45, 7) is 0. The molecule has 2 aliphatic rings. The maximum Gasteiger partial charge on any atom is 0.250 e. The molecule has 36 heavy (non-hydrogen) atoms. The van der Waals surface area contributed by atoms with Crippen LogP contribution in [0.5, 0.6) is 0 Å². The predicted octanol–water partition coefficient (Wildman–Crippen LogP) is 5.32. The van der Waals surface area contributed by atoms with Gasteiger partial charge < -0.3 is 16.4 Å². The Balaban J connectivity index is 1.52. The zero-order valence-corrected chi connectivity index (χ0v) is 19.8. The van der Waals surface area contributed by atoms with Crippen LogP contribution in [0.4, 0.5) is 35.1 Å². The minimum atomic E-state index is -2.72. The van der Waals surface area contributed by atoms with E-state index in [2.05, 4.69) is 25.6 Å². The van der Waals surface area contributed by atoms with Crippen molar-refractivity contribution < 1.29 is 22.4 Å². The van der Waals surface area contributed by atoms with Crippen molar-refractivity contribution in [1.29, 1.82) is 0 Å². The number of aromatic nitrogens is 4. The zero-order chi connectivity index (χ0) is 25.6. The Morgan fingerprint density at radius 2 is 1.89 bits per heavy atom. The van der Waals surface area contributed by atoms with Crippen LogP contribution < -0.4 is 16.4 Å². The Kier molecular flexibility index (Phi) is 6.39. The van der Waals surface area contributed by atoms with Gasteiger partial charge in [-0.15, -0.1) is 0 Å². The van der Waals surface area contributed by atoms with Crippen molar-refractivity contribution in [2.45, 2.75) is 63.0 Å². The van der Waals surface area contributed by atoms with Crippen molar-refractivity contribution in [2.75, 3.05) is 10.6 Å². The SMILES string of the molecule is NC(=O)[C@H]1CC[C@H](n2c(Nc3c(F)cc(F)cc3Cl)nc3cnc(N[C@H]4CCC(F)(F)C4)nc32)CC1. The lowest BCUT2D eigenvalue weighted by Crippen LogP contribution is -2.29. The van der Waals surface area contributed by atoms with Crippen molar-refractivity contribution in [3.8, 4) is 0 Å². The molecule has 1 amide bonds. The lowest BCUT2D eigenvalue weighted by molar-refractivity contribution is -0.122. The van der Waals surface area contributed by atoms with E-state index in [1.807, 2.05) is 0 Å². The van der Waals surface area contributed by atoms with E-state index in [9.17, 15) is 22.4 Å². The number of nitrogens with zero attached hydrogens (tertiary/aromatic N) is 4. The molecule has 192 valence electrons. The Morgan fingerprint density at radius 3 is 2.53 bits per heavy atom. The van der Waals surface area contributed by atoms with Crippen LogP contribution in [0.25, 0.3) is 11.2 Å². The minimum absolute atomic E-state index is 0.153. The smallest absolute Gasteiger partial charge is 0.250 e. The van der Waals surface area contributed by atoms with Gasteiger partial charge in [-0.25, -0.2) is 27.5 Å². The van der Waals surface area contributed by atoms with E-state index in [-0.39, 0.29) is 53.3 Å². The monoisotopic (exact) mass is 525 g/mol. The first-order chi connectivity index (χ1) is 17.1. The third-order valence-corrected chi connectivity index (χ3v) is 7.18. The zero-order valence-electron chi connectivity index (χ0n) is 19.1. The molecule has 3 aromatic rings. The Morgan fingerprint density at radius 1 is 1.14 bits per heavy atom. The van der Waals surface area contributed by atoms with Crippen LogP contribution in [0.1, 0.15) is 51.0 Å². The third kappa shape index (κ3) is 4.91. The van der Waals surface area contributed by atoms with E-state index in [1.54, 1.807) is 4.57 Å². The normalized spacial score (nSPS) is 23.6. The highest BCUT2D eigenvalue weighted by molar-refractivity contribution is 6.33. The van der Waals surface area contributed by atoms with Crippen LogP contribution in [0.2, 0.25) is 5.02 Å². The van der Waals surface area contributed by atoms with E-state index >= 15 is 0 Å². The molecule has 8 nitrogen and oxygen atoms in total. The van der Waals surface area contributed by atoms with Crippen molar-refractivity contribution in [3.63, 3.8) is 0 Å². The van der Waals surface area contributed by atoms with Crippen LogP contribution in [0.3, 0.4) is 0 Å². The number of rotatable bonds is 6. The number of hydrogen-bond donors (Lipinski definition) is 3. The number of halogens is 5. The van der Waals surface area contributed by atoms with E-state index in [0.29, 0.717) is 49.3 Å². The Labute approximate surface area is 208 Å². The molecule has 0 bridgehead atoms. The number of anilines is 3. The number of primary amides is 1. The fourth-order valence-corrected chi connectivity index (χ4v) is 5.28. The van der Waals surface area contributed by atoms with Crippen molar-refractivity contribution in [1.82, 2.24) is 19.5 Å². The molecule has 0 unspecified atom stereocenters. The summed E-state index contributed by atoms with van der Waals surface area (Å²) in [5.74, 6) is -4.66. The van der Waals surface area contributed by atoms with Crippen LogP contribution in [-0.4, -0.2) is 37.4 Å². The molecule has 2 fully saturated rings. The molecule has 1 atom stereocenters. The molecule has 2 aromatic heterocycles. The van der Waals surface area contributed by atoms with Gasteiger partial charge in [0.25, 0.3) is 0 Å². The number of carbonyl (C=O) groups excluding carboxylic acids is 1. The number of imidazole rings is 1. The fourth-order valence-electron chi connectivity index (χ4n) is 5.04. The number of benzene rings is 1. The summed E-state index contributed by atoms with van der Waals surface area (Å²) >= 11 is 6.09. The first kappa shape index (κ1) is 24.5. The standard InChI is InChI=1S/C23H24ClF4N7O/c24-15-7-12(25)8-16(26)18(15)33-22-32-17-10-30-21(31-13-5-6-23(27,28)9-13)34-20(17)35(22)14-3-1-11(2-4-14)19(29)36/h7-8,10-11,13-14H,1-6,9H2,(H2,29,36)(H,32,33)(H,30,31,34)/t11-,13-,14-/m0/s1. The molecule has 4 N–H and O–H groups in total. The maximum atomic E-state index is 14.5. The van der Waals surface area contributed by atoms with Gasteiger partial charge in [0.1, 0.15) is 11.3 Å². The van der Waals surface area contributed by atoms with E-state index in [1.165, 1.54) is 6.20 Å². The second-order valence-corrected chi connectivity index (χ2v) is 9.83. The number of carbonyl (C=O) groups is 1. The maximum absolute atomic E-state index is 14.5. The van der Waals surface area contributed by atoms with Gasteiger partial charge in [-0.1, -0.05) is 11.6 Å². The van der Waals surface area contributed by atoms with Crippen LogP contribution in [0.15, 0.2) is 18.3 Å². The molecule has 2 aliphatic carbocycles. The highest BCUT2D eigenvalue weighted by atomic mass is 35.5. The number of fused-ring (bicyclic) bond motifs is 1. The van der Waals surface area contributed by atoms with Gasteiger partial charge >= 0.3 is 0 Å². The van der Waals surface area contributed by atoms with E-state index < -0.39 is 23.6 Å². The molecule has 2 heterocycles. The first-order valence-electron chi connectivity index (χ1n) is 11.7. The number of alkyl halides is 2.